The number of hydrogen-bond donors (Lipinski definition) is 1. The second kappa shape index (κ2) is 6.65. The van der Waals surface area contributed by atoms with Gasteiger partial charge in [0, 0.05) is 23.3 Å². The largest absolute Gasteiger partial charge is 0.303 e. The third-order valence-corrected chi connectivity index (χ3v) is 3.02. The van der Waals surface area contributed by atoms with E-state index in [1.165, 1.54) is 0 Å². The molecule has 0 saturated carbocycles. The van der Waals surface area contributed by atoms with Crippen LogP contribution in [0.3, 0.4) is 0 Å². The summed E-state index contributed by atoms with van der Waals surface area (Å²) in [6, 6.07) is -0.230. The summed E-state index contributed by atoms with van der Waals surface area (Å²) in [4.78, 5) is 24.2. The smallest absolute Gasteiger partial charge is 0.152 e. The van der Waals surface area contributed by atoms with Crippen LogP contribution in [0.5, 0.6) is 0 Å². The lowest BCUT2D eigenvalue weighted by molar-refractivity contribution is -0.127. The number of carbonyl (C=O) groups is 2. The van der Waals surface area contributed by atoms with Crippen molar-refractivity contribution in [2.24, 2.45) is 11.3 Å². The first kappa shape index (κ1) is 18.3. The standard InChI is InChI=1S/C16H31NO2/c1-11(2)14(19)12(17-16(6,7)8)9-10-13(18)15(3,4)5/h11-12,17H,9-10H2,1-8H3/t12-/m0/s1. The van der Waals surface area contributed by atoms with Crippen LogP contribution < -0.4 is 5.32 Å². The number of hydrogen-bond acceptors (Lipinski definition) is 3. The molecular weight excluding hydrogens is 238 g/mol. The molecule has 0 aliphatic heterocycles. The van der Waals surface area contributed by atoms with E-state index in [4.69, 9.17) is 0 Å². The highest BCUT2D eigenvalue weighted by atomic mass is 16.1. The molecule has 0 saturated heterocycles. The van der Waals surface area contributed by atoms with Gasteiger partial charge in [0.15, 0.2) is 5.78 Å². The molecule has 19 heavy (non-hydrogen) atoms. The first-order chi connectivity index (χ1) is 8.34. The fraction of sp³-hybridized carbons (Fsp3) is 0.875. The van der Waals surface area contributed by atoms with E-state index < -0.39 is 0 Å². The molecule has 0 aliphatic rings. The molecule has 0 unspecified atom stereocenters. The average molecular weight is 269 g/mol. The van der Waals surface area contributed by atoms with Gasteiger partial charge < -0.3 is 5.32 Å². The van der Waals surface area contributed by atoms with E-state index in [1.807, 2.05) is 55.4 Å². The van der Waals surface area contributed by atoms with Gasteiger partial charge >= 0.3 is 0 Å². The predicted molar refractivity (Wildman–Crippen MR) is 80.2 cm³/mol. The van der Waals surface area contributed by atoms with Crippen molar-refractivity contribution in [2.45, 2.75) is 79.8 Å². The maximum atomic E-state index is 12.2. The number of nitrogens with one attached hydrogen (secondary N) is 1. The van der Waals surface area contributed by atoms with Gasteiger partial charge in [0.05, 0.1) is 6.04 Å². The molecule has 0 aliphatic carbocycles. The minimum absolute atomic E-state index is 0.00964. The van der Waals surface area contributed by atoms with Gasteiger partial charge in [-0.05, 0) is 27.2 Å². The zero-order valence-corrected chi connectivity index (χ0v) is 13.9. The van der Waals surface area contributed by atoms with Crippen molar-refractivity contribution >= 4 is 11.6 Å². The van der Waals surface area contributed by atoms with Gasteiger partial charge in [-0.25, -0.2) is 0 Å². The molecular formula is C16H31NO2. The Morgan fingerprint density at radius 2 is 1.47 bits per heavy atom. The Morgan fingerprint density at radius 1 is 1.00 bits per heavy atom. The van der Waals surface area contributed by atoms with Crippen LogP contribution in [0.15, 0.2) is 0 Å². The van der Waals surface area contributed by atoms with Gasteiger partial charge in [0.25, 0.3) is 0 Å². The molecule has 0 aromatic carbocycles. The van der Waals surface area contributed by atoms with E-state index in [0.29, 0.717) is 12.8 Å². The fourth-order valence-corrected chi connectivity index (χ4v) is 1.86. The lowest BCUT2D eigenvalue weighted by Gasteiger charge is -2.29. The number of Topliss-reactive ketones (excluding diaryl/α,β-unsaturated/α-hetero) is 2. The second-order valence-corrected chi connectivity index (χ2v) is 7.72. The number of carbonyl (C=O) groups excluding carboxylic acids is 2. The highest BCUT2D eigenvalue weighted by Gasteiger charge is 2.28. The summed E-state index contributed by atoms with van der Waals surface area (Å²) in [5, 5.41) is 3.34. The molecule has 3 heteroatoms. The van der Waals surface area contributed by atoms with Crippen LogP contribution in [0.2, 0.25) is 0 Å². The van der Waals surface area contributed by atoms with Crippen molar-refractivity contribution in [1.82, 2.24) is 5.32 Å². The zero-order valence-electron chi connectivity index (χ0n) is 13.9. The highest BCUT2D eigenvalue weighted by molar-refractivity contribution is 5.88. The minimum Gasteiger partial charge on any atom is -0.303 e. The first-order valence-corrected chi connectivity index (χ1v) is 7.19. The third kappa shape index (κ3) is 7.46. The fourth-order valence-electron chi connectivity index (χ4n) is 1.86. The van der Waals surface area contributed by atoms with Crippen molar-refractivity contribution in [3.63, 3.8) is 0 Å². The molecule has 0 spiro atoms. The Bertz CT molecular complexity index is 319. The Balaban J connectivity index is 4.70. The van der Waals surface area contributed by atoms with E-state index in [0.717, 1.165) is 0 Å². The average Bonchev–Trinajstić information content (AvgIpc) is 2.19. The number of ketones is 2. The number of rotatable bonds is 6. The summed E-state index contributed by atoms with van der Waals surface area (Å²) in [6.45, 7) is 15.7. The van der Waals surface area contributed by atoms with Gasteiger partial charge in [-0.2, -0.15) is 0 Å². The maximum absolute atomic E-state index is 12.2. The van der Waals surface area contributed by atoms with E-state index >= 15 is 0 Å². The lowest BCUT2D eigenvalue weighted by atomic mass is 9.86. The first-order valence-electron chi connectivity index (χ1n) is 7.19. The van der Waals surface area contributed by atoms with Crippen molar-refractivity contribution in [1.29, 1.82) is 0 Å². The summed E-state index contributed by atoms with van der Waals surface area (Å²) < 4.78 is 0. The normalized spacial score (nSPS) is 14.6. The van der Waals surface area contributed by atoms with Crippen LogP contribution in [0.4, 0.5) is 0 Å². The topological polar surface area (TPSA) is 46.2 Å². The molecule has 3 nitrogen and oxygen atoms in total. The van der Waals surface area contributed by atoms with E-state index in [9.17, 15) is 9.59 Å². The SMILES string of the molecule is CC(C)C(=O)[C@H](CCC(=O)C(C)(C)C)NC(C)(C)C. The van der Waals surface area contributed by atoms with Crippen molar-refractivity contribution in [2.75, 3.05) is 0 Å². The molecule has 1 atom stereocenters. The molecule has 0 bridgehead atoms. The van der Waals surface area contributed by atoms with Crippen LogP contribution in [0, 0.1) is 11.3 Å². The van der Waals surface area contributed by atoms with Gasteiger partial charge in [-0.15, -0.1) is 0 Å². The summed E-state index contributed by atoms with van der Waals surface area (Å²) in [5.74, 6) is 0.394. The Morgan fingerprint density at radius 3 is 1.79 bits per heavy atom. The molecule has 0 heterocycles. The van der Waals surface area contributed by atoms with E-state index in [1.54, 1.807) is 0 Å². The molecule has 1 N–H and O–H groups in total. The van der Waals surface area contributed by atoms with Crippen LogP contribution in [-0.2, 0) is 9.59 Å². The van der Waals surface area contributed by atoms with Crippen LogP contribution >= 0.6 is 0 Å². The molecule has 112 valence electrons. The molecule has 0 rings (SSSR count). The molecule has 0 fully saturated rings. The summed E-state index contributed by atoms with van der Waals surface area (Å²) in [7, 11) is 0. The van der Waals surface area contributed by atoms with E-state index in [2.05, 4.69) is 5.32 Å². The Kier molecular flexibility index (Phi) is 6.40. The lowest BCUT2D eigenvalue weighted by Crippen LogP contribution is -2.49. The molecule has 0 radical (unpaired) electrons. The third-order valence-electron chi connectivity index (χ3n) is 3.02. The molecule has 0 amide bonds. The van der Waals surface area contributed by atoms with Gasteiger partial charge in [0.2, 0.25) is 0 Å². The van der Waals surface area contributed by atoms with Gasteiger partial charge in [0.1, 0.15) is 5.78 Å². The minimum atomic E-state index is -0.326. The van der Waals surface area contributed by atoms with Crippen LogP contribution in [-0.4, -0.2) is 23.1 Å². The Hall–Kier alpha value is -0.700. The monoisotopic (exact) mass is 269 g/mol. The zero-order chi connectivity index (χ0) is 15.4. The summed E-state index contributed by atoms with van der Waals surface area (Å²) in [5.41, 5.74) is -0.451. The van der Waals surface area contributed by atoms with Crippen LogP contribution in [0.25, 0.3) is 0 Å². The van der Waals surface area contributed by atoms with Crippen molar-refractivity contribution < 1.29 is 9.59 Å². The molecule has 0 aromatic rings. The highest BCUT2D eigenvalue weighted by Crippen LogP contribution is 2.20. The summed E-state index contributed by atoms with van der Waals surface area (Å²) >= 11 is 0. The van der Waals surface area contributed by atoms with Crippen molar-refractivity contribution in [3.05, 3.63) is 0 Å². The van der Waals surface area contributed by atoms with Gasteiger partial charge in [-0.3, -0.25) is 9.59 Å². The van der Waals surface area contributed by atoms with Crippen LogP contribution in [0.1, 0.15) is 68.2 Å². The second-order valence-electron chi connectivity index (χ2n) is 7.72. The summed E-state index contributed by atoms with van der Waals surface area (Å²) in [6.07, 6.45) is 1.04. The maximum Gasteiger partial charge on any atom is 0.152 e. The predicted octanol–water partition coefficient (Wildman–Crippen LogP) is 3.36. The van der Waals surface area contributed by atoms with E-state index in [-0.39, 0.29) is 34.5 Å². The van der Waals surface area contributed by atoms with Crippen molar-refractivity contribution in [3.8, 4) is 0 Å². The Labute approximate surface area is 118 Å². The quantitative estimate of drug-likeness (QED) is 0.804. The molecule has 0 aromatic heterocycles. The van der Waals surface area contributed by atoms with Gasteiger partial charge in [-0.1, -0.05) is 34.6 Å².